The Bertz CT molecular complexity index is 658. The molecule has 0 saturated carbocycles. The molecule has 9 heteroatoms. The average Bonchev–Trinajstić information content (AvgIpc) is 2.52. The van der Waals surface area contributed by atoms with Crippen LogP contribution in [0, 0.1) is 0 Å². The van der Waals surface area contributed by atoms with E-state index in [4.69, 9.17) is 9.47 Å². The third kappa shape index (κ3) is 7.58. The number of carbonyl (C=O) groups is 2. The van der Waals surface area contributed by atoms with Gasteiger partial charge < -0.3 is 29.7 Å². The second-order valence-electron chi connectivity index (χ2n) is 7.52. The van der Waals surface area contributed by atoms with Gasteiger partial charge in [-0.3, -0.25) is 0 Å². The summed E-state index contributed by atoms with van der Waals surface area (Å²) >= 11 is 0. The molecule has 1 atom stereocenters. The van der Waals surface area contributed by atoms with Crippen LogP contribution in [0.1, 0.15) is 31.9 Å². The molecule has 0 heterocycles. The van der Waals surface area contributed by atoms with Crippen LogP contribution < -0.4 is 10.8 Å². The monoisotopic (exact) mass is 380 g/mol. The number of methoxy groups -OCH3 is 1. The Balaban J connectivity index is 3.16. The van der Waals surface area contributed by atoms with Crippen LogP contribution in [0.25, 0.3) is 0 Å². The van der Waals surface area contributed by atoms with E-state index in [1.807, 2.05) is 19.0 Å². The van der Waals surface area contributed by atoms with Crippen molar-refractivity contribution in [3.63, 3.8) is 0 Å². The maximum absolute atomic E-state index is 12.2. The molecule has 1 amide bonds. The lowest BCUT2D eigenvalue weighted by molar-refractivity contribution is -0.143. The predicted molar refractivity (Wildman–Crippen MR) is 103 cm³/mol. The number of hydrogen-bond donors (Lipinski definition) is 3. The van der Waals surface area contributed by atoms with Crippen molar-refractivity contribution >= 4 is 24.6 Å². The topological polar surface area (TPSA) is 108 Å². The zero-order valence-electron chi connectivity index (χ0n) is 16.8. The minimum atomic E-state index is -1.64. The number of benzene rings is 1. The molecule has 150 valence electrons. The van der Waals surface area contributed by atoms with Crippen molar-refractivity contribution in [1.29, 1.82) is 0 Å². The van der Waals surface area contributed by atoms with Crippen LogP contribution in [-0.2, 0) is 27.2 Å². The summed E-state index contributed by atoms with van der Waals surface area (Å²) in [4.78, 5) is 26.1. The van der Waals surface area contributed by atoms with E-state index in [1.54, 1.807) is 39.0 Å². The van der Waals surface area contributed by atoms with Crippen molar-refractivity contribution in [2.75, 3.05) is 21.2 Å². The van der Waals surface area contributed by atoms with Gasteiger partial charge in [0.05, 0.1) is 7.11 Å². The van der Waals surface area contributed by atoms with Crippen LogP contribution >= 0.6 is 0 Å². The molecular weight excluding hydrogens is 351 g/mol. The summed E-state index contributed by atoms with van der Waals surface area (Å²) in [7, 11) is 3.29. The second kappa shape index (κ2) is 9.73. The first-order valence-electron chi connectivity index (χ1n) is 8.63. The lowest BCUT2D eigenvalue weighted by atomic mass is 9.75. The third-order valence-corrected chi connectivity index (χ3v) is 3.66. The minimum Gasteiger partial charge on any atom is -0.467 e. The molecule has 0 aliphatic rings. The molecule has 1 aromatic rings. The van der Waals surface area contributed by atoms with Crippen molar-refractivity contribution in [2.24, 2.45) is 0 Å². The summed E-state index contributed by atoms with van der Waals surface area (Å²) in [5.74, 6) is -0.619. The van der Waals surface area contributed by atoms with Gasteiger partial charge in [-0.2, -0.15) is 0 Å². The molecular formula is C18H29BN2O6. The molecule has 0 spiro atoms. The second-order valence-corrected chi connectivity index (χ2v) is 7.52. The van der Waals surface area contributed by atoms with E-state index in [0.717, 1.165) is 0 Å². The van der Waals surface area contributed by atoms with E-state index in [1.165, 1.54) is 7.11 Å². The Hall–Kier alpha value is -2.10. The van der Waals surface area contributed by atoms with Gasteiger partial charge in [-0.1, -0.05) is 18.2 Å². The molecule has 0 aliphatic carbocycles. The highest BCUT2D eigenvalue weighted by Crippen LogP contribution is 2.14. The summed E-state index contributed by atoms with van der Waals surface area (Å²) < 4.78 is 10.0. The molecule has 27 heavy (non-hydrogen) atoms. The first-order chi connectivity index (χ1) is 12.4. The van der Waals surface area contributed by atoms with Gasteiger partial charge >= 0.3 is 19.2 Å². The quantitative estimate of drug-likeness (QED) is 0.453. The van der Waals surface area contributed by atoms with E-state index in [0.29, 0.717) is 23.1 Å². The third-order valence-electron chi connectivity index (χ3n) is 3.66. The zero-order valence-corrected chi connectivity index (χ0v) is 16.8. The molecule has 1 aromatic carbocycles. The summed E-state index contributed by atoms with van der Waals surface area (Å²) in [6.07, 6.45) is -0.610. The number of esters is 1. The van der Waals surface area contributed by atoms with E-state index in [-0.39, 0.29) is 6.42 Å². The largest absolute Gasteiger partial charge is 0.488 e. The number of amides is 1. The normalized spacial score (nSPS) is 12.5. The van der Waals surface area contributed by atoms with Gasteiger partial charge in [0.2, 0.25) is 0 Å². The van der Waals surface area contributed by atoms with E-state index < -0.39 is 30.8 Å². The van der Waals surface area contributed by atoms with Gasteiger partial charge in [-0.25, -0.2) is 9.59 Å². The number of alkyl carbamates (subject to hydrolysis) is 1. The first kappa shape index (κ1) is 22.9. The van der Waals surface area contributed by atoms with E-state index >= 15 is 0 Å². The van der Waals surface area contributed by atoms with Crippen LogP contribution in [0.5, 0.6) is 0 Å². The van der Waals surface area contributed by atoms with Crippen LogP contribution in [0.15, 0.2) is 18.2 Å². The molecule has 0 unspecified atom stereocenters. The summed E-state index contributed by atoms with van der Waals surface area (Å²) in [6.45, 7) is 5.60. The van der Waals surface area contributed by atoms with Gasteiger partial charge in [0, 0.05) is 13.0 Å². The van der Waals surface area contributed by atoms with Gasteiger partial charge in [0.25, 0.3) is 0 Å². The highest BCUT2D eigenvalue weighted by molar-refractivity contribution is 6.59. The standard InChI is InChI=1S/C18H29BN2O6/c1-18(2,3)27-17(23)20-15(16(22)26-6)10-12-8-7-9-14(19(24)25)13(12)11-21(4)5/h7-9,15,24-25H,10-11H2,1-6H3,(H,20,23)/t15-/m0/s1. The fourth-order valence-electron chi connectivity index (χ4n) is 2.60. The van der Waals surface area contributed by atoms with Gasteiger partial charge in [-0.15, -0.1) is 0 Å². The van der Waals surface area contributed by atoms with Crippen LogP contribution in [-0.4, -0.2) is 67.0 Å². The maximum Gasteiger partial charge on any atom is 0.488 e. The SMILES string of the molecule is COC(=O)[C@H](Cc1cccc(B(O)O)c1CN(C)C)NC(=O)OC(C)(C)C. The molecule has 0 radical (unpaired) electrons. The van der Waals surface area contributed by atoms with Crippen LogP contribution in [0.4, 0.5) is 4.79 Å². The number of hydrogen-bond acceptors (Lipinski definition) is 7. The molecule has 0 fully saturated rings. The predicted octanol–water partition coefficient (Wildman–Crippen LogP) is 0.0368. The Morgan fingerprint density at radius 1 is 1.26 bits per heavy atom. The van der Waals surface area contributed by atoms with E-state index in [9.17, 15) is 19.6 Å². The maximum atomic E-state index is 12.2. The fourth-order valence-corrected chi connectivity index (χ4v) is 2.60. The number of nitrogens with one attached hydrogen (secondary N) is 1. The zero-order chi connectivity index (χ0) is 20.8. The Morgan fingerprint density at radius 2 is 1.89 bits per heavy atom. The van der Waals surface area contributed by atoms with E-state index in [2.05, 4.69) is 5.32 Å². The number of rotatable bonds is 7. The Kier molecular flexibility index (Phi) is 8.27. The Labute approximate surface area is 160 Å². The van der Waals surface area contributed by atoms with Crippen molar-refractivity contribution in [3.8, 4) is 0 Å². The molecule has 0 bridgehead atoms. The van der Waals surface area contributed by atoms with Crippen LogP contribution in [0.3, 0.4) is 0 Å². The van der Waals surface area contributed by atoms with Crippen molar-refractivity contribution in [2.45, 2.75) is 45.4 Å². The smallest absolute Gasteiger partial charge is 0.467 e. The number of ether oxygens (including phenoxy) is 2. The van der Waals surface area contributed by atoms with Crippen molar-refractivity contribution < 1.29 is 29.1 Å². The van der Waals surface area contributed by atoms with Crippen molar-refractivity contribution in [1.82, 2.24) is 10.2 Å². The molecule has 3 N–H and O–H groups in total. The lowest BCUT2D eigenvalue weighted by Crippen LogP contribution is -2.46. The van der Waals surface area contributed by atoms with Gasteiger partial charge in [-0.05, 0) is 51.5 Å². The highest BCUT2D eigenvalue weighted by Gasteiger charge is 2.27. The average molecular weight is 380 g/mol. The molecule has 0 aromatic heterocycles. The number of nitrogens with zero attached hydrogens (tertiary/aromatic N) is 1. The van der Waals surface area contributed by atoms with Gasteiger partial charge in [0.15, 0.2) is 0 Å². The molecule has 8 nitrogen and oxygen atoms in total. The summed E-state index contributed by atoms with van der Waals surface area (Å²) in [5, 5.41) is 21.8. The molecule has 0 saturated heterocycles. The highest BCUT2D eigenvalue weighted by atomic mass is 16.6. The summed E-state index contributed by atoms with van der Waals surface area (Å²) in [5.41, 5.74) is 1.02. The first-order valence-corrected chi connectivity index (χ1v) is 8.63. The fraction of sp³-hybridized carbons (Fsp3) is 0.556. The Morgan fingerprint density at radius 3 is 2.37 bits per heavy atom. The van der Waals surface area contributed by atoms with Crippen LogP contribution in [0.2, 0.25) is 0 Å². The van der Waals surface area contributed by atoms with Crippen molar-refractivity contribution in [3.05, 3.63) is 29.3 Å². The minimum absolute atomic E-state index is 0.121. The lowest BCUT2D eigenvalue weighted by Gasteiger charge is -2.24. The molecule has 1 rings (SSSR count). The number of carbonyl (C=O) groups excluding carboxylic acids is 2. The van der Waals surface area contributed by atoms with Gasteiger partial charge in [0.1, 0.15) is 11.6 Å². The summed E-state index contributed by atoms with van der Waals surface area (Å²) in [6, 6.07) is 4.08. The molecule has 0 aliphatic heterocycles.